The number of nitrogens with one attached hydrogen (secondary N) is 1. The lowest BCUT2D eigenvalue weighted by atomic mass is 10.2. The second kappa shape index (κ2) is 10.8. The smallest absolute Gasteiger partial charge is 0.316 e. The average Bonchev–Trinajstić information content (AvgIpc) is 2.65. The van der Waals surface area contributed by atoms with Crippen LogP contribution in [0.2, 0.25) is 0 Å². The minimum absolute atomic E-state index is 0.109. The van der Waals surface area contributed by atoms with Crippen molar-refractivity contribution in [3.05, 3.63) is 53.6 Å². The number of para-hydroxylation sites is 1. The highest BCUT2D eigenvalue weighted by Gasteiger charge is 2.12. The van der Waals surface area contributed by atoms with E-state index < -0.39 is 17.8 Å². The molecule has 0 unspecified atom stereocenters. The van der Waals surface area contributed by atoms with E-state index in [9.17, 15) is 14.4 Å². The van der Waals surface area contributed by atoms with Crippen molar-refractivity contribution >= 4 is 47.0 Å². The number of ether oxygens (including phenoxy) is 1. The molecular weight excluding hydrogens is 396 g/mol. The monoisotopic (exact) mass is 418 g/mol. The predicted octanol–water partition coefficient (Wildman–Crippen LogP) is 3.15. The van der Waals surface area contributed by atoms with Crippen molar-refractivity contribution in [3.8, 4) is 0 Å². The van der Waals surface area contributed by atoms with E-state index in [1.54, 1.807) is 24.3 Å². The minimum atomic E-state index is -0.462. The second-order valence-electron chi connectivity index (χ2n) is 6.02. The van der Waals surface area contributed by atoms with Gasteiger partial charge in [-0.2, -0.15) is 0 Å². The molecule has 6 nitrogen and oxygen atoms in total. The van der Waals surface area contributed by atoms with Crippen LogP contribution in [0.3, 0.4) is 0 Å². The first-order valence-electron chi connectivity index (χ1n) is 8.51. The highest BCUT2D eigenvalue weighted by atomic mass is 32.2. The maximum absolute atomic E-state index is 12.1. The number of hydrogen-bond acceptors (Lipinski definition) is 6. The Hall–Kier alpha value is -2.45. The first-order valence-corrected chi connectivity index (χ1v) is 10.5. The van der Waals surface area contributed by atoms with Crippen LogP contribution in [0.15, 0.2) is 52.3 Å². The molecule has 0 aliphatic heterocycles. The van der Waals surface area contributed by atoms with Gasteiger partial charge in [-0.25, -0.2) is 0 Å². The van der Waals surface area contributed by atoms with Crippen molar-refractivity contribution in [2.45, 2.75) is 23.6 Å². The molecule has 2 aromatic carbocycles. The van der Waals surface area contributed by atoms with E-state index in [1.165, 1.54) is 23.5 Å². The van der Waals surface area contributed by atoms with Gasteiger partial charge in [0.05, 0.1) is 17.2 Å². The van der Waals surface area contributed by atoms with Crippen LogP contribution in [-0.4, -0.2) is 35.9 Å². The molecule has 0 fully saturated rings. The van der Waals surface area contributed by atoms with Gasteiger partial charge in [0, 0.05) is 9.79 Å². The Kier molecular flexibility index (Phi) is 8.41. The Morgan fingerprint density at radius 1 is 1.00 bits per heavy atom. The van der Waals surface area contributed by atoms with Crippen molar-refractivity contribution in [2.75, 3.05) is 23.4 Å². The lowest BCUT2D eigenvalue weighted by Gasteiger charge is -2.11. The largest absolute Gasteiger partial charge is 0.455 e. The third-order valence-electron chi connectivity index (χ3n) is 3.57. The number of benzene rings is 2. The fraction of sp³-hybridized carbons (Fsp3) is 0.250. The molecule has 3 N–H and O–H groups in total. The molecule has 0 spiro atoms. The number of thioether (sulfide) groups is 2. The van der Waals surface area contributed by atoms with Gasteiger partial charge < -0.3 is 15.8 Å². The molecule has 0 bridgehead atoms. The number of hydrogen-bond donors (Lipinski definition) is 2. The van der Waals surface area contributed by atoms with Crippen LogP contribution in [0.5, 0.6) is 0 Å². The van der Waals surface area contributed by atoms with Gasteiger partial charge in [0.1, 0.15) is 0 Å². The summed E-state index contributed by atoms with van der Waals surface area (Å²) in [6.07, 6.45) is 0. The van der Waals surface area contributed by atoms with Gasteiger partial charge in [0.25, 0.3) is 5.91 Å². The van der Waals surface area contributed by atoms with E-state index in [4.69, 9.17) is 10.5 Å². The molecule has 0 saturated heterocycles. The normalized spacial score (nSPS) is 10.4. The summed E-state index contributed by atoms with van der Waals surface area (Å²) in [7, 11) is 0. The number of aryl methyl sites for hydroxylation is 2. The molecule has 0 atom stereocenters. The maximum atomic E-state index is 12.1. The molecule has 28 heavy (non-hydrogen) atoms. The fourth-order valence-electron chi connectivity index (χ4n) is 2.32. The zero-order valence-corrected chi connectivity index (χ0v) is 17.3. The molecule has 2 amide bonds. The molecule has 0 aromatic heterocycles. The lowest BCUT2D eigenvalue weighted by molar-refractivity contribution is -0.144. The van der Waals surface area contributed by atoms with Gasteiger partial charge in [-0.1, -0.05) is 29.8 Å². The highest BCUT2D eigenvalue weighted by molar-refractivity contribution is 8.00. The van der Waals surface area contributed by atoms with Crippen LogP contribution < -0.4 is 11.1 Å². The third-order valence-corrected chi connectivity index (χ3v) is 5.82. The molecule has 148 valence electrons. The van der Waals surface area contributed by atoms with Crippen LogP contribution in [-0.2, 0) is 19.1 Å². The second-order valence-corrected chi connectivity index (χ2v) is 8.05. The van der Waals surface area contributed by atoms with Crippen molar-refractivity contribution in [1.29, 1.82) is 0 Å². The van der Waals surface area contributed by atoms with Gasteiger partial charge >= 0.3 is 5.97 Å². The number of carbonyl (C=O) groups is 3. The van der Waals surface area contributed by atoms with E-state index in [-0.39, 0.29) is 18.1 Å². The van der Waals surface area contributed by atoms with Crippen LogP contribution in [0, 0.1) is 13.8 Å². The first-order chi connectivity index (χ1) is 13.3. The van der Waals surface area contributed by atoms with E-state index in [1.807, 2.05) is 26.0 Å². The van der Waals surface area contributed by atoms with E-state index in [0.29, 0.717) is 10.6 Å². The average molecular weight is 419 g/mol. The number of nitrogens with two attached hydrogens (primary N) is 1. The van der Waals surface area contributed by atoms with E-state index in [0.717, 1.165) is 16.0 Å². The van der Waals surface area contributed by atoms with Gasteiger partial charge in [0.2, 0.25) is 5.91 Å². The Morgan fingerprint density at radius 3 is 2.43 bits per heavy atom. The molecule has 8 heteroatoms. The van der Waals surface area contributed by atoms with Crippen LogP contribution in [0.1, 0.15) is 11.1 Å². The third kappa shape index (κ3) is 7.28. The van der Waals surface area contributed by atoms with Crippen LogP contribution >= 0.6 is 23.5 Å². The Bertz CT molecular complexity index is 871. The predicted molar refractivity (Wildman–Crippen MR) is 113 cm³/mol. The minimum Gasteiger partial charge on any atom is -0.455 e. The number of carbonyl (C=O) groups excluding carboxylic acids is 3. The summed E-state index contributed by atoms with van der Waals surface area (Å²) in [5, 5.41) is 2.68. The summed E-state index contributed by atoms with van der Waals surface area (Å²) in [6.45, 7) is 3.63. The number of anilines is 1. The van der Waals surface area contributed by atoms with Crippen molar-refractivity contribution in [1.82, 2.24) is 0 Å². The Balaban J connectivity index is 1.80. The zero-order chi connectivity index (χ0) is 20.5. The highest BCUT2D eigenvalue weighted by Crippen LogP contribution is 2.26. The van der Waals surface area contributed by atoms with E-state index >= 15 is 0 Å². The lowest BCUT2D eigenvalue weighted by Crippen LogP contribution is -2.22. The molecule has 2 rings (SSSR count). The quantitative estimate of drug-likeness (QED) is 0.479. The number of rotatable bonds is 9. The number of amides is 2. The van der Waals surface area contributed by atoms with Crippen molar-refractivity contribution in [2.24, 2.45) is 5.73 Å². The summed E-state index contributed by atoms with van der Waals surface area (Å²) in [6, 6.07) is 13.0. The summed E-state index contributed by atoms with van der Waals surface area (Å²) in [4.78, 5) is 36.7. The zero-order valence-electron chi connectivity index (χ0n) is 15.7. The Morgan fingerprint density at radius 2 is 1.71 bits per heavy atom. The fourth-order valence-corrected chi connectivity index (χ4v) is 3.87. The standard InChI is InChI=1S/C20H22N2O4S2/c1-13-7-8-16(14(2)9-13)28-12-20(25)26-10-19(24)22-15-5-3-4-6-17(15)27-11-18(21)23/h3-9H,10-12H2,1-2H3,(H2,21,23)(H,22,24). The summed E-state index contributed by atoms with van der Waals surface area (Å²) >= 11 is 2.61. The molecule has 0 aliphatic rings. The van der Waals surface area contributed by atoms with Crippen LogP contribution in [0.4, 0.5) is 5.69 Å². The van der Waals surface area contributed by atoms with Gasteiger partial charge in [-0.3, -0.25) is 14.4 Å². The topological polar surface area (TPSA) is 98.5 Å². The van der Waals surface area contributed by atoms with Gasteiger partial charge in [-0.05, 0) is 37.6 Å². The molecule has 0 aliphatic carbocycles. The number of primary amides is 1. The number of esters is 1. The summed E-state index contributed by atoms with van der Waals surface area (Å²) in [5.74, 6) is -1.12. The Labute approximate surface area is 172 Å². The van der Waals surface area contributed by atoms with Crippen molar-refractivity contribution < 1.29 is 19.1 Å². The molecule has 2 aromatic rings. The van der Waals surface area contributed by atoms with Crippen LogP contribution in [0.25, 0.3) is 0 Å². The van der Waals surface area contributed by atoms with Crippen molar-refractivity contribution in [3.63, 3.8) is 0 Å². The molecular formula is C20H22N2O4S2. The summed E-state index contributed by atoms with van der Waals surface area (Å²) in [5.41, 5.74) is 7.95. The first kappa shape index (κ1) is 21.8. The van der Waals surface area contributed by atoms with E-state index in [2.05, 4.69) is 11.4 Å². The van der Waals surface area contributed by atoms with Gasteiger partial charge in [-0.15, -0.1) is 23.5 Å². The maximum Gasteiger partial charge on any atom is 0.316 e. The SMILES string of the molecule is Cc1ccc(SCC(=O)OCC(=O)Nc2ccccc2SCC(N)=O)c(C)c1. The summed E-state index contributed by atoms with van der Waals surface area (Å²) < 4.78 is 5.05. The molecule has 0 radical (unpaired) electrons. The molecule has 0 saturated carbocycles. The molecule has 0 heterocycles. The van der Waals surface area contributed by atoms with Gasteiger partial charge in [0.15, 0.2) is 6.61 Å².